The SMILES string of the molecule is CCC(N)C(=O)Nc1cc(OCCO[N+](=O)[O-])ccc1C.Cl. The van der Waals surface area contributed by atoms with Crippen LogP contribution in [0.15, 0.2) is 18.2 Å². The fourth-order valence-corrected chi connectivity index (χ4v) is 1.51. The van der Waals surface area contributed by atoms with E-state index in [-0.39, 0.29) is 31.5 Å². The monoisotopic (exact) mass is 333 g/mol. The first-order valence-electron chi connectivity index (χ1n) is 6.51. The zero-order valence-electron chi connectivity index (χ0n) is 12.4. The van der Waals surface area contributed by atoms with Gasteiger partial charge in [0, 0.05) is 11.8 Å². The Morgan fingerprint density at radius 2 is 2.14 bits per heavy atom. The third-order valence-corrected chi connectivity index (χ3v) is 2.79. The quantitative estimate of drug-likeness (QED) is 0.424. The molecule has 1 rings (SSSR count). The van der Waals surface area contributed by atoms with E-state index in [9.17, 15) is 14.9 Å². The van der Waals surface area contributed by atoms with E-state index < -0.39 is 11.1 Å². The Balaban J connectivity index is 0.00000441. The molecule has 0 bridgehead atoms. The number of nitrogens with zero attached hydrogens (tertiary/aromatic N) is 1. The third-order valence-electron chi connectivity index (χ3n) is 2.79. The van der Waals surface area contributed by atoms with Gasteiger partial charge < -0.3 is 20.6 Å². The van der Waals surface area contributed by atoms with E-state index in [0.29, 0.717) is 17.9 Å². The summed E-state index contributed by atoms with van der Waals surface area (Å²) in [4.78, 5) is 25.9. The lowest BCUT2D eigenvalue weighted by atomic mass is 10.1. The van der Waals surface area contributed by atoms with Crippen molar-refractivity contribution >= 4 is 24.0 Å². The van der Waals surface area contributed by atoms with Crippen LogP contribution in [0, 0.1) is 17.0 Å². The number of nitrogens with one attached hydrogen (secondary N) is 1. The first-order valence-corrected chi connectivity index (χ1v) is 6.51. The maximum Gasteiger partial charge on any atom is 0.294 e. The number of hydrogen-bond donors (Lipinski definition) is 2. The van der Waals surface area contributed by atoms with Crippen LogP contribution in [-0.4, -0.2) is 30.2 Å². The fraction of sp³-hybridized carbons (Fsp3) is 0.462. The molecule has 0 aliphatic rings. The van der Waals surface area contributed by atoms with Gasteiger partial charge in [-0.25, -0.2) is 0 Å². The minimum Gasteiger partial charge on any atom is -0.492 e. The van der Waals surface area contributed by atoms with E-state index in [0.717, 1.165) is 5.56 Å². The predicted molar refractivity (Wildman–Crippen MR) is 83.8 cm³/mol. The molecule has 0 aliphatic carbocycles. The number of carbonyl (C=O) groups excluding carboxylic acids is 1. The van der Waals surface area contributed by atoms with Crippen LogP contribution in [0.3, 0.4) is 0 Å². The van der Waals surface area contributed by atoms with Gasteiger partial charge in [-0.15, -0.1) is 22.5 Å². The Morgan fingerprint density at radius 1 is 1.45 bits per heavy atom. The van der Waals surface area contributed by atoms with E-state index in [1.807, 2.05) is 13.8 Å². The number of anilines is 1. The number of aryl methyl sites for hydroxylation is 1. The predicted octanol–water partition coefficient (Wildman–Crippen LogP) is 1.68. The van der Waals surface area contributed by atoms with Gasteiger partial charge >= 0.3 is 0 Å². The van der Waals surface area contributed by atoms with Crippen molar-refractivity contribution in [2.45, 2.75) is 26.3 Å². The zero-order valence-corrected chi connectivity index (χ0v) is 13.2. The van der Waals surface area contributed by atoms with Crippen molar-refractivity contribution in [1.29, 1.82) is 0 Å². The molecule has 1 amide bonds. The lowest BCUT2D eigenvalue weighted by Gasteiger charge is -2.14. The summed E-state index contributed by atoms with van der Waals surface area (Å²) in [6.07, 6.45) is 0.541. The minimum atomic E-state index is -0.879. The molecule has 0 spiro atoms. The van der Waals surface area contributed by atoms with Crippen LogP contribution in [-0.2, 0) is 9.63 Å². The summed E-state index contributed by atoms with van der Waals surface area (Å²) >= 11 is 0. The number of nitrogens with two attached hydrogens (primary N) is 1. The number of benzene rings is 1. The normalized spacial score (nSPS) is 11.0. The second-order valence-electron chi connectivity index (χ2n) is 4.39. The highest BCUT2D eigenvalue weighted by molar-refractivity contribution is 5.95. The van der Waals surface area contributed by atoms with Gasteiger partial charge in [0.05, 0.1) is 6.04 Å². The third kappa shape index (κ3) is 6.59. The molecule has 0 saturated heterocycles. The van der Waals surface area contributed by atoms with E-state index in [1.54, 1.807) is 18.2 Å². The highest BCUT2D eigenvalue weighted by atomic mass is 35.5. The van der Waals surface area contributed by atoms with Crippen molar-refractivity contribution in [3.63, 3.8) is 0 Å². The Morgan fingerprint density at radius 3 is 2.73 bits per heavy atom. The van der Waals surface area contributed by atoms with Crippen molar-refractivity contribution in [1.82, 2.24) is 0 Å². The van der Waals surface area contributed by atoms with Crippen LogP contribution in [0.2, 0.25) is 0 Å². The number of halogens is 1. The van der Waals surface area contributed by atoms with Gasteiger partial charge in [0.2, 0.25) is 5.91 Å². The first-order chi connectivity index (χ1) is 9.93. The van der Waals surface area contributed by atoms with Crippen molar-refractivity contribution in [3.8, 4) is 5.75 Å². The summed E-state index contributed by atoms with van der Waals surface area (Å²) in [7, 11) is 0. The number of carbonyl (C=O) groups is 1. The summed E-state index contributed by atoms with van der Waals surface area (Å²) in [5, 5.41) is 11.8. The highest BCUT2D eigenvalue weighted by Crippen LogP contribution is 2.22. The maximum absolute atomic E-state index is 11.8. The average molecular weight is 334 g/mol. The summed E-state index contributed by atoms with van der Waals surface area (Å²) in [6.45, 7) is 3.54. The first kappa shape index (κ1) is 19.9. The van der Waals surface area contributed by atoms with Crippen molar-refractivity contribution in [3.05, 3.63) is 33.9 Å². The largest absolute Gasteiger partial charge is 0.492 e. The number of rotatable bonds is 8. The molecule has 124 valence electrons. The second kappa shape index (κ2) is 9.80. The summed E-state index contributed by atoms with van der Waals surface area (Å²) in [5.41, 5.74) is 7.11. The fourth-order valence-electron chi connectivity index (χ4n) is 1.51. The molecule has 0 saturated carbocycles. The number of ether oxygens (including phenoxy) is 1. The minimum absolute atomic E-state index is 0. The number of hydrogen-bond acceptors (Lipinski definition) is 6. The molecular formula is C13H20ClN3O5. The standard InChI is InChI=1S/C13H19N3O5.ClH/c1-3-11(14)13(17)15-12-8-10(5-4-9(12)2)20-6-7-21-16(18)19;/h4-5,8,11H,3,6-7,14H2,1-2H3,(H,15,17);1H. The van der Waals surface area contributed by atoms with Crippen molar-refractivity contribution in [2.24, 2.45) is 5.73 Å². The van der Waals surface area contributed by atoms with Crippen LogP contribution >= 0.6 is 12.4 Å². The zero-order chi connectivity index (χ0) is 15.8. The molecule has 0 heterocycles. The molecule has 1 atom stereocenters. The topological polar surface area (TPSA) is 117 Å². The van der Waals surface area contributed by atoms with Gasteiger partial charge in [-0.2, -0.15) is 0 Å². The lowest BCUT2D eigenvalue weighted by Crippen LogP contribution is -2.35. The summed E-state index contributed by atoms with van der Waals surface area (Å²) in [6, 6.07) is 4.55. The van der Waals surface area contributed by atoms with Crippen LogP contribution in [0.5, 0.6) is 5.75 Å². The Labute approximate surface area is 134 Å². The lowest BCUT2D eigenvalue weighted by molar-refractivity contribution is -0.757. The van der Waals surface area contributed by atoms with Crippen LogP contribution in [0.1, 0.15) is 18.9 Å². The van der Waals surface area contributed by atoms with E-state index >= 15 is 0 Å². The molecule has 1 aromatic rings. The van der Waals surface area contributed by atoms with E-state index in [4.69, 9.17) is 10.5 Å². The van der Waals surface area contributed by atoms with Crippen LogP contribution < -0.4 is 15.8 Å². The molecule has 9 heteroatoms. The van der Waals surface area contributed by atoms with Gasteiger partial charge in [-0.05, 0) is 25.0 Å². The molecule has 1 unspecified atom stereocenters. The number of amides is 1. The van der Waals surface area contributed by atoms with E-state index in [1.165, 1.54) is 0 Å². The molecule has 3 N–H and O–H groups in total. The molecular weight excluding hydrogens is 314 g/mol. The van der Waals surface area contributed by atoms with Crippen LogP contribution in [0.25, 0.3) is 0 Å². The van der Waals surface area contributed by atoms with E-state index in [2.05, 4.69) is 10.2 Å². The summed E-state index contributed by atoms with van der Waals surface area (Å²) in [5.74, 6) is 0.211. The molecule has 0 aliphatic heterocycles. The molecule has 8 nitrogen and oxygen atoms in total. The van der Waals surface area contributed by atoms with Gasteiger partial charge in [0.15, 0.2) is 0 Å². The molecule has 22 heavy (non-hydrogen) atoms. The maximum atomic E-state index is 11.8. The molecule has 0 aromatic heterocycles. The van der Waals surface area contributed by atoms with Gasteiger partial charge in [-0.1, -0.05) is 13.0 Å². The highest BCUT2D eigenvalue weighted by Gasteiger charge is 2.12. The smallest absolute Gasteiger partial charge is 0.294 e. The Bertz CT molecular complexity index is 512. The van der Waals surface area contributed by atoms with Crippen molar-refractivity contribution < 1.29 is 19.5 Å². The summed E-state index contributed by atoms with van der Waals surface area (Å²) < 4.78 is 5.31. The van der Waals surface area contributed by atoms with Crippen LogP contribution in [0.4, 0.5) is 5.69 Å². The molecule has 1 aromatic carbocycles. The van der Waals surface area contributed by atoms with Gasteiger partial charge in [0.25, 0.3) is 5.09 Å². The molecule has 0 fully saturated rings. The Hall–Kier alpha value is -2.06. The average Bonchev–Trinajstić information content (AvgIpc) is 2.45. The molecule has 0 radical (unpaired) electrons. The van der Waals surface area contributed by atoms with Gasteiger partial charge in [0.1, 0.15) is 19.0 Å². The van der Waals surface area contributed by atoms with Crippen molar-refractivity contribution in [2.75, 3.05) is 18.5 Å². The Kier molecular flexibility index (Phi) is 8.88. The van der Waals surface area contributed by atoms with Gasteiger partial charge in [-0.3, -0.25) is 4.79 Å². The second-order valence-corrected chi connectivity index (χ2v) is 4.39.